The molecule has 0 spiro atoms. The van der Waals surface area contributed by atoms with Gasteiger partial charge in [-0.15, -0.1) is 0 Å². The van der Waals surface area contributed by atoms with Crippen LogP contribution in [-0.4, -0.2) is 55.7 Å². The van der Waals surface area contributed by atoms with Crippen molar-refractivity contribution in [3.8, 4) is 0 Å². The minimum Gasteiger partial charge on any atom is -0.369 e. The lowest BCUT2D eigenvalue weighted by Crippen LogP contribution is -2.45. The van der Waals surface area contributed by atoms with Gasteiger partial charge < -0.3 is 9.88 Å². The molecule has 1 N–H and O–H groups in total. The van der Waals surface area contributed by atoms with Crippen molar-refractivity contribution < 1.29 is 8.42 Å². The number of nitrogens with one attached hydrogen (secondary N) is 1. The number of H-pyrrole nitrogens is 1. The van der Waals surface area contributed by atoms with Gasteiger partial charge in [0.2, 0.25) is 0 Å². The predicted molar refractivity (Wildman–Crippen MR) is 103 cm³/mol. The first-order chi connectivity index (χ1) is 12.5. The molecule has 1 aliphatic heterocycles. The Balaban J connectivity index is 1.39. The summed E-state index contributed by atoms with van der Waals surface area (Å²) in [6.45, 7) is 4.71. The van der Waals surface area contributed by atoms with Gasteiger partial charge in [-0.3, -0.25) is 4.90 Å². The van der Waals surface area contributed by atoms with Crippen LogP contribution in [0.4, 0.5) is 5.69 Å². The number of rotatable bonds is 4. The number of nitrogens with zero attached hydrogens (tertiary/aromatic N) is 3. The highest BCUT2D eigenvalue weighted by molar-refractivity contribution is 7.90. The molecule has 26 heavy (non-hydrogen) atoms. The van der Waals surface area contributed by atoms with Gasteiger partial charge in [-0.2, -0.15) is 0 Å². The number of piperazine rings is 1. The lowest BCUT2D eigenvalue weighted by Gasteiger charge is -2.36. The van der Waals surface area contributed by atoms with Crippen molar-refractivity contribution in [2.45, 2.75) is 11.4 Å². The summed E-state index contributed by atoms with van der Waals surface area (Å²) >= 11 is 0. The Kier molecular flexibility index (Phi) is 4.42. The maximum Gasteiger partial charge on any atom is 0.175 e. The Hall–Kier alpha value is -2.38. The SMILES string of the molecule is CS(=O)(=O)c1ccc(N2CCN(Cc3c[nH]c4ncccc34)CC2)cc1. The van der Waals surface area contributed by atoms with Gasteiger partial charge in [-0.05, 0) is 42.0 Å². The molecule has 0 atom stereocenters. The number of hydrogen-bond donors (Lipinski definition) is 1. The molecule has 3 heterocycles. The summed E-state index contributed by atoms with van der Waals surface area (Å²) in [5.41, 5.74) is 3.29. The molecule has 136 valence electrons. The fourth-order valence-corrected chi connectivity index (χ4v) is 4.08. The maximum absolute atomic E-state index is 11.6. The van der Waals surface area contributed by atoms with Crippen LogP contribution in [0.2, 0.25) is 0 Å². The molecule has 0 saturated carbocycles. The lowest BCUT2D eigenvalue weighted by molar-refractivity contribution is 0.250. The lowest BCUT2D eigenvalue weighted by atomic mass is 10.2. The second kappa shape index (κ2) is 6.74. The summed E-state index contributed by atoms with van der Waals surface area (Å²) in [7, 11) is -3.14. The molecule has 0 bridgehead atoms. The zero-order valence-electron chi connectivity index (χ0n) is 14.7. The number of benzene rings is 1. The van der Waals surface area contributed by atoms with Crippen molar-refractivity contribution in [3.63, 3.8) is 0 Å². The van der Waals surface area contributed by atoms with Crippen LogP contribution in [0.1, 0.15) is 5.56 Å². The average Bonchev–Trinajstić information content (AvgIpc) is 3.05. The second-order valence-electron chi connectivity index (χ2n) is 6.74. The van der Waals surface area contributed by atoms with Crippen molar-refractivity contribution in [1.29, 1.82) is 0 Å². The van der Waals surface area contributed by atoms with E-state index in [1.807, 2.05) is 24.4 Å². The van der Waals surface area contributed by atoms with Gasteiger partial charge in [0.05, 0.1) is 4.90 Å². The third-order valence-electron chi connectivity index (χ3n) is 4.93. The van der Waals surface area contributed by atoms with E-state index in [1.54, 1.807) is 18.3 Å². The monoisotopic (exact) mass is 370 g/mol. The van der Waals surface area contributed by atoms with Gasteiger partial charge in [0.1, 0.15) is 5.65 Å². The molecule has 1 saturated heterocycles. The van der Waals surface area contributed by atoms with Gasteiger partial charge in [-0.25, -0.2) is 13.4 Å². The van der Waals surface area contributed by atoms with Crippen LogP contribution >= 0.6 is 0 Å². The number of anilines is 1. The summed E-state index contributed by atoms with van der Waals surface area (Å²) in [4.78, 5) is 12.7. The molecule has 3 aromatic rings. The molecular formula is C19H22N4O2S. The standard InChI is InChI=1S/C19H22N4O2S/c1-26(24,25)17-6-4-16(5-7-17)23-11-9-22(10-12-23)14-15-13-21-19-18(15)3-2-8-20-19/h2-8,13H,9-12,14H2,1H3,(H,20,21). The molecule has 1 aromatic carbocycles. The van der Waals surface area contributed by atoms with Gasteiger partial charge in [0.25, 0.3) is 0 Å². The zero-order chi connectivity index (χ0) is 18.1. The highest BCUT2D eigenvalue weighted by Crippen LogP contribution is 2.22. The van der Waals surface area contributed by atoms with Gasteiger partial charge in [0, 0.05) is 62.4 Å². The van der Waals surface area contributed by atoms with E-state index in [1.165, 1.54) is 17.2 Å². The van der Waals surface area contributed by atoms with E-state index in [2.05, 4.69) is 25.8 Å². The van der Waals surface area contributed by atoms with Crippen LogP contribution in [0, 0.1) is 0 Å². The molecule has 0 radical (unpaired) electrons. The maximum atomic E-state index is 11.6. The van der Waals surface area contributed by atoms with Crippen molar-refractivity contribution in [1.82, 2.24) is 14.9 Å². The fraction of sp³-hybridized carbons (Fsp3) is 0.316. The number of hydrogen-bond acceptors (Lipinski definition) is 5. The van der Waals surface area contributed by atoms with Crippen molar-refractivity contribution in [2.75, 3.05) is 37.3 Å². The van der Waals surface area contributed by atoms with Gasteiger partial charge in [-0.1, -0.05) is 0 Å². The van der Waals surface area contributed by atoms with Crippen molar-refractivity contribution >= 4 is 26.6 Å². The van der Waals surface area contributed by atoms with Crippen LogP contribution in [0.5, 0.6) is 0 Å². The molecular weight excluding hydrogens is 348 g/mol. The molecule has 2 aromatic heterocycles. The van der Waals surface area contributed by atoms with E-state index < -0.39 is 9.84 Å². The summed E-state index contributed by atoms with van der Waals surface area (Å²) in [5.74, 6) is 0. The average molecular weight is 370 g/mol. The largest absolute Gasteiger partial charge is 0.369 e. The summed E-state index contributed by atoms with van der Waals surface area (Å²) < 4.78 is 23.2. The Morgan fingerprint density at radius 1 is 1.08 bits per heavy atom. The highest BCUT2D eigenvalue weighted by Gasteiger charge is 2.19. The van der Waals surface area contributed by atoms with E-state index in [9.17, 15) is 8.42 Å². The van der Waals surface area contributed by atoms with E-state index in [4.69, 9.17) is 0 Å². The van der Waals surface area contributed by atoms with Crippen LogP contribution < -0.4 is 4.90 Å². The van der Waals surface area contributed by atoms with Crippen LogP contribution in [0.3, 0.4) is 0 Å². The molecule has 7 heteroatoms. The number of pyridine rings is 1. The van der Waals surface area contributed by atoms with E-state index >= 15 is 0 Å². The predicted octanol–water partition coefficient (Wildman–Crippen LogP) is 2.29. The quantitative estimate of drug-likeness (QED) is 0.763. The Morgan fingerprint density at radius 2 is 1.81 bits per heavy atom. The molecule has 6 nitrogen and oxygen atoms in total. The van der Waals surface area contributed by atoms with Crippen LogP contribution in [0.25, 0.3) is 11.0 Å². The van der Waals surface area contributed by atoms with Gasteiger partial charge >= 0.3 is 0 Å². The highest BCUT2D eigenvalue weighted by atomic mass is 32.2. The number of aromatic amines is 1. The van der Waals surface area contributed by atoms with Crippen LogP contribution in [0.15, 0.2) is 53.7 Å². The second-order valence-corrected chi connectivity index (χ2v) is 8.76. The summed E-state index contributed by atoms with van der Waals surface area (Å²) in [6.07, 6.45) is 5.09. The van der Waals surface area contributed by atoms with Gasteiger partial charge in [0.15, 0.2) is 9.84 Å². The van der Waals surface area contributed by atoms with E-state index in [0.717, 1.165) is 44.1 Å². The third-order valence-corrected chi connectivity index (χ3v) is 6.06. The number of aromatic nitrogens is 2. The van der Waals surface area contributed by atoms with Crippen molar-refractivity contribution in [2.24, 2.45) is 0 Å². The normalized spacial score (nSPS) is 16.3. The van der Waals surface area contributed by atoms with Crippen LogP contribution in [-0.2, 0) is 16.4 Å². The number of fused-ring (bicyclic) bond motifs is 1. The topological polar surface area (TPSA) is 69.3 Å². The Labute approximate surface area is 153 Å². The Bertz CT molecular complexity index is 1000. The molecule has 0 aliphatic carbocycles. The Morgan fingerprint density at radius 3 is 2.50 bits per heavy atom. The van der Waals surface area contributed by atoms with E-state index in [-0.39, 0.29) is 0 Å². The minimum absolute atomic E-state index is 0.368. The first-order valence-corrected chi connectivity index (χ1v) is 10.6. The molecule has 1 aliphatic rings. The first kappa shape index (κ1) is 17.1. The fourth-order valence-electron chi connectivity index (χ4n) is 3.45. The van der Waals surface area contributed by atoms with Crippen molar-refractivity contribution in [3.05, 3.63) is 54.4 Å². The molecule has 0 amide bonds. The zero-order valence-corrected chi connectivity index (χ0v) is 15.5. The third kappa shape index (κ3) is 3.45. The first-order valence-electron chi connectivity index (χ1n) is 8.69. The van der Waals surface area contributed by atoms with E-state index in [0.29, 0.717) is 4.90 Å². The molecule has 1 fully saturated rings. The summed E-state index contributed by atoms with van der Waals surface area (Å²) in [5, 5.41) is 1.19. The molecule has 4 rings (SSSR count). The molecule has 0 unspecified atom stereocenters. The number of sulfone groups is 1. The smallest absolute Gasteiger partial charge is 0.175 e. The minimum atomic E-state index is -3.14. The summed E-state index contributed by atoms with van der Waals surface area (Å²) in [6, 6.07) is 11.3.